The Hall–Kier alpha value is -3.44. The van der Waals surface area contributed by atoms with E-state index in [1.807, 2.05) is 0 Å². The van der Waals surface area contributed by atoms with Crippen LogP contribution >= 0.6 is 11.6 Å². The van der Waals surface area contributed by atoms with Gasteiger partial charge in [-0.15, -0.1) is 0 Å². The molecule has 0 bridgehead atoms. The lowest BCUT2D eigenvalue weighted by Crippen LogP contribution is -2.49. The van der Waals surface area contributed by atoms with E-state index in [0.29, 0.717) is 0 Å². The van der Waals surface area contributed by atoms with Gasteiger partial charge in [-0.3, -0.25) is 4.57 Å². The monoisotopic (exact) mass is 516 g/mol. The van der Waals surface area contributed by atoms with Crippen molar-refractivity contribution < 1.29 is 48.4 Å². The van der Waals surface area contributed by atoms with Crippen LogP contribution in [-0.4, -0.2) is 94.2 Å². The van der Waals surface area contributed by atoms with Gasteiger partial charge in [-0.1, -0.05) is 5.16 Å². The van der Waals surface area contributed by atoms with Gasteiger partial charge in [0.15, 0.2) is 35.2 Å². The Morgan fingerprint density at radius 2 is 2.09 bits per heavy atom. The molecule has 0 saturated carbocycles. The summed E-state index contributed by atoms with van der Waals surface area (Å²) < 4.78 is 31.9. The Balaban J connectivity index is 1.53. The van der Waals surface area contributed by atoms with E-state index >= 15 is 0 Å². The summed E-state index contributed by atoms with van der Waals surface area (Å²) in [6, 6.07) is 0.969. The summed E-state index contributed by atoms with van der Waals surface area (Å²) in [4.78, 5) is 34.6. The predicted octanol–water partition coefficient (Wildman–Crippen LogP) is -0.581. The largest absolute Gasteiger partial charge is 0.479 e. The fourth-order valence-corrected chi connectivity index (χ4v) is 3.71. The topological polar surface area (TPSA) is 229 Å². The maximum atomic E-state index is 15.0. The lowest BCUT2D eigenvalue weighted by atomic mass is 9.98. The third-order valence-electron chi connectivity index (χ3n) is 5.40. The highest BCUT2D eigenvalue weighted by Crippen LogP contribution is 2.35. The lowest BCUT2D eigenvalue weighted by molar-refractivity contribution is -0.181. The number of aliphatic hydroxyl groups excluding tert-OH is 2. The molecule has 35 heavy (non-hydrogen) atoms. The quantitative estimate of drug-likeness (QED) is 0.224. The number of anilines is 1. The molecule has 4 heterocycles. The van der Waals surface area contributed by atoms with Crippen LogP contribution in [0.4, 0.5) is 10.2 Å². The molecule has 1 fully saturated rings. The van der Waals surface area contributed by atoms with Crippen LogP contribution in [0.5, 0.6) is 0 Å². The van der Waals surface area contributed by atoms with Gasteiger partial charge in [-0.05, 0) is 11.6 Å². The third-order valence-corrected chi connectivity index (χ3v) is 5.57. The first-order chi connectivity index (χ1) is 16.6. The van der Waals surface area contributed by atoms with Crippen LogP contribution in [0.25, 0.3) is 11.2 Å². The van der Waals surface area contributed by atoms with Crippen molar-refractivity contribution in [1.29, 1.82) is 0 Å². The molecule has 0 spiro atoms. The van der Waals surface area contributed by atoms with Crippen molar-refractivity contribution in [1.82, 2.24) is 24.7 Å². The molecule has 0 aliphatic carbocycles. The van der Waals surface area contributed by atoms with Crippen molar-refractivity contribution in [2.45, 2.75) is 36.6 Å². The van der Waals surface area contributed by atoms with Crippen molar-refractivity contribution in [3.63, 3.8) is 0 Å². The van der Waals surface area contributed by atoms with Crippen LogP contribution in [0.3, 0.4) is 0 Å². The van der Waals surface area contributed by atoms with Gasteiger partial charge in [-0.25, -0.2) is 19.0 Å². The number of carboxylic acid groups (broad SMARTS) is 2. The molecule has 17 heteroatoms. The standard InChI is InChI=1S/C18H18ClFN6O9/c19-17-23-12(21)10-13(24-17)26(5-22-10)14-9(20)11(28)8(34-14)3-33-18(4-27,16(31)32)2-6-1-7(15(29)30)25-35-6/h1,5,8-9,11,14,27-28H,2-4H2,(H,29,30)(H,31,32)(H2,21,23,24)/t8-,9+,11-,14-,18?/m1/s1. The first-order valence-corrected chi connectivity index (χ1v) is 10.2. The molecule has 188 valence electrons. The van der Waals surface area contributed by atoms with Crippen molar-refractivity contribution in [2.75, 3.05) is 18.9 Å². The lowest BCUT2D eigenvalue weighted by Gasteiger charge is -2.28. The number of ether oxygens (including phenoxy) is 2. The average molecular weight is 517 g/mol. The maximum absolute atomic E-state index is 15.0. The molecule has 5 atom stereocenters. The molecule has 15 nitrogen and oxygen atoms in total. The number of carbonyl (C=O) groups is 2. The highest BCUT2D eigenvalue weighted by atomic mass is 35.5. The van der Waals surface area contributed by atoms with Gasteiger partial charge in [0, 0.05) is 6.07 Å². The molecule has 4 rings (SSSR count). The minimum Gasteiger partial charge on any atom is -0.479 e. The van der Waals surface area contributed by atoms with E-state index in [1.54, 1.807) is 0 Å². The molecule has 1 aliphatic rings. The second kappa shape index (κ2) is 9.31. The van der Waals surface area contributed by atoms with Gasteiger partial charge >= 0.3 is 11.9 Å². The van der Waals surface area contributed by atoms with Gasteiger partial charge in [-0.2, -0.15) is 9.97 Å². The predicted molar refractivity (Wildman–Crippen MR) is 110 cm³/mol. The second-order valence-corrected chi connectivity index (χ2v) is 7.97. The SMILES string of the molecule is Nc1nc(Cl)nc2c1ncn2[C@@H]1O[C@H](COC(CO)(Cc2cc(C(=O)O)no2)C(=O)O)[C@@H](O)[C@@H]1F. The third kappa shape index (κ3) is 4.48. The van der Waals surface area contributed by atoms with Crippen molar-refractivity contribution in [2.24, 2.45) is 0 Å². The minimum atomic E-state index is -2.33. The Labute approximate surface area is 198 Å². The van der Waals surface area contributed by atoms with Crippen LogP contribution in [0, 0.1) is 0 Å². The number of imidazole rings is 1. The number of nitrogens with two attached hydrogens (primary N) is 1. The van der Waals surface area contributed by atoms with Gasteiger partial charge < -0.3 is 40.2 Å². The van der Waals surface area contributed by atoms with Crippen LogP contribution in [0.1, 0.15) is 22.5 Å². The molecular weight excluding hydrogens is 499 g/mol. The molecular formula is C18H18ClFN6O9. The number of aliphatic carboxylic acids is 1. The maximum Gasteiger partial charge on any atom is 0.358 e. The first-order valence-electron chi connectivity index (χ1n) is 9.86. The molecule has 0 radical (unpaired) electrons. The van der Waals surface area contributed by atoms with E-state index in [1.165, 1.54) is 6.33 Å². The molecule has 6 N–H and O–H groups in total. The highest BCUT2D eigenvalue weighted by molar-refractivity contribution is 6.28. The fourth-order valence-electron chi connectivity index (χ4n) is 3.54. The van der Waals surface area contributed by atoms with E-state index in [9.17, 15) is 29.3 Å². The number of carboxylic acids is 2. The van der Waals surface area contributed by atoms with E-state index in [-0.39, 0.29) is 28.0 Å². The number of nitrogens with zero attached hydrogens (tertiary/aromatic N) is 5. The molecule has 0 aromatic carbocycles. The van der Waals surface area contributed by atoms with E-state index in [4.69, 9.17) is 36.4 Å². The van der Waals surface area contributed by atoms with Crippen LogP contribution in [0.15, 0.2) is 16.9 Å². The van der Waals surface area contributed by atoms with Crippen molar-refractivity contribution >= 4 is 40.5 Å². The van der Waals surface area contributed by atoms with Crippen molar-refractivity contribution in [3.05, 3.63) is 29.1 Å². The zero-order chi connectivity index (χ0) is 25.5. The molecule has 3 aromatic rings. The summed E-state index contributed by atoms with van der Waals surface area (Å²) >= 11 is 5.81. The van der Waals surface area contributed by atoms with E-state index in [2.05, 4.69) is 20.1 Å². The Kier molecular flexibility index (Phi) is 6.56. The normalized spacial score (nSPS) is 24.0. The summed E-state index contributed by atoms with van der Waals surface area (Å²) in [5, 5.41) is 41.8. The number of aromatic carboxylic acids is 1. The van der Waals surface area contributed by atoms with Crippen LogP contribution in [0.2, 0.25) is 5.28 Å². The zero-order valence-electron chi connectivity index (χ0n) is 17.5. The number of alkyl halides is 1. The number of halogens is 2. The minimum absolute atomic E-state index is 0.0405. The summed E-state index contributed by atoms with van der Waals surface area (Å²) in [6.07, 6.45) is -6.06. The van der Waals surface area contributed by atoms with Crippen LogP contribution < -0.4 is 5.73 Å². The average Bonchev–Trinajstić information content (AvgIpc) is 3.50. The highest BCUT2D eigenvalue weighted by Gasteiger charge is 2.48. The Morgan fingerprint density at radius 3 is 2.71 bits per heavy atom. The van der Waals surface area contributed by atoms with E-state index < -0.39 is 67.5 Å². The number of aliphatic hydroxyl groups is 2. The Bertz CT molecular complexity index is 1270. The molecule has 0 amide bonds. The number of fused-ring (bicyclic) bond motifs is 1. The summed E-state index contributed by atoms with van der Waals surface area (Å²) in [7, 11) is 0. The smallest absolute Gasteiger partial charge is 0.358 e. The first kappa shape index (κ1) is 24.7. The number of nitrogen functional groups attached to an aromatic ring is 1. The fraction of sp³-hybridized carbons (Fsp3) is 0.444. The van der Waals surface area contributed by atoms with Gasteiger partial charge in [0.2, 0.25) is 5.28 Å². The van der Waals surface area contributed by atoms with Crippen molar-refractivity contribution in [3.8, 4) is 0 Å². The molecule has 1 saturated heterocycles. The zero-order valence-corrected chi connectivity index (χ0v) is 18.2. The molecule has 1 aliphatic heterocycles. The summed E-state index contributed by atoms with van der Waals surface area (Å²) in [6.45, 7) is -1.74. The Morgan fingerprint density at radius 1 is 1.34 bits per heavy atom. The molecule has 1 unspecified atom stereocenters. The summed E-state index contributed by atoms with van der Waals surface area (Å²) in [5.41, 5.74) is 3.09. The van der Waals surface area contributed by atoms with Gasteiger partial charge in [0.1, 0.15) is 23.5 Å². The van der Waals surface area contributed by atoms with Gasteiger partial charge in [0.05, 0.1) is 26.0 Å². The molecule has 3 aromatic heterocycles. The summed E-state index contributed by atoms with van der Waals surface area (Å²) in [5.74, 6) is -3.29. The van der Waals surface area contributed by atoms with E-state index in [0.717, 1.165) is 10.6 Å². The van der Waals surface area contributed by atoms with Gasteiger partial charge in [0.25, 0.3) is 0 Å². The second-order valence-electron chi connectivity index (χ2n) is 7.63. The number of aromatic nitrogens is 5. The van der Waals surface area contributed by atoms with Crippen LogP contribution in [-0.2, 0) is 20.7 Å². The number of rotatable bonds is 9. The number of hydrogen-bond acceptors (Lipinski definition) is 12. The number of hydrogen-bond donors (Lipinski definition) is 5.